The number of aromatic nitrogens is 2. The number of nitrogens with one attached hydrogen (secondary N) is 1. The fourth-order valence-electron chi connectivity index (χ4n) is 3.08. The molecule has 0 radical (unpaired) electrons. The molecule has 1 aliphatic rings. The Morgan fingerprint density at radius 3 is 2.56 bits per heavy atom. The maximum absolute atomic E-state index is 4.60. The van der Waals surface area contributed by atoms with Crippen LogP contribution in [0.3, 0.4) is 0 Å². The highest BCUT2D eigenvalue weighted by Gasteiger charge is 2.38. The van der Waals surface area contributed by atoms with Crippen LogP contribution in [0.2, 0.25) is 0 Å². The maximum Gasteiger partial charge on any atom is 0.0738 e. The number of rotatable bonds is 5. The van der Waals surface area contributed by atoms with Gasteiger partial charge in [-0.25, -0.2) is 0 Å². The van der Waals surface area contributed by atoms with E-state index in [0.29, 0.717) is 5.41 Å². The van der Waals surface area contributed by atoms with Crippen molar-refractivity contribution >= 4 is 15.9 Å². The molecule has 1 saturated heterocycles. The predicted octanol–water partition coefficient (Wildman–Crippen LogP) is 3.15. The van der Waals surface area contributed by atoms with Gasteiger partial charge < -0.3 is 5.32 Å². The first kappa shape index (κ1) is 14.1. The lowest BCUT2D eigenvalue weighted by Gasteiger charge is -2.44. The molecule has 0 atom stereocenters. The van der Waals surface area contributed by atoms with E-state index in [2.05, 4.69) is 58.7 Å². The summed E-state index contributed by atoms with van der Waals surface area (Å²) in [5.74, 6) is 0.755. The second-order valence-corrected chi connectivity index (χ2v) is 6.83. The second-order valence-electron chi connectivity index (χ2n) is 6.04. The summed E-state index contributed by atoms with van der Waals surface area (Å²) in [6.45, 7) is 12.1. The van der Waals surface area contributed by atoms with E-state index in [1.165, 1.54) is 16.6 Å². The average molecular weight is 314 g/mol. The molecule has 2 heterocycles. The molecule has 1 N–H and O–H groups in total. The summed E-state index contributed by atoms with van der Waals surface area (Å²) in [6, 6.07) is 0. The van der Waals surface area contributed by atoms with Crippen molar-refractivity contribution in [2.45, 2.75) is 47.1 Å². The van der Waals surface area contributed by atoms with Crippen molar-refractivity contribution in [2.24, 2.45) is 11.3 Å². The van der Waals surface area contributed by atoms with Crippen LogP contribution < -0.4 is 5.32 Å². The van der Waals surface area contributed by atoms with E-state index in [-0.39, 0.29) is 0 Å². The fourth-order valence-corrected chi connectivity index (χ4v) is 3.50. The first-order chi connectivity index (χ1) is 8.47. The summed E-state index contributed by atoms with van der Waals surface area (Å²) in [6.07, 6.45) is 2.42. The van der Waals surface area contributed by atoms with Gasteiger partial charge in [0.2, 0.25) is 0 Å². The smallest absolute Gasteiger partial charge is 0.0738 e. The zero-order valence-corrected chi connectivity index (χ0v) is 13.5. The van der Waals surface area contributed by atoms with Gasteiger partial charge in [0.15, 0.2) is 0 Å². The lowest BCUT2D eigenvalue weighted by atomic mass is 9.72. The Morgan fingerprint density at radius 2 is 2.11 bits per heavy atom. The summed E-state index contributed by atoms with van der Waals surface area (Å²) >= 11 is 3.71. The number of aryl methyl sites for hydroxylation is 2. The van der Waals surface area contributed by atoms with Gasteiger partial charge >= 0.3 is 0 Å². The summed E-state index contributed by atoms with van der Waals surface area (Å²) in [7, 11) is 0. The number of halogens is 1. The molecule has 0 aliphatic carbocycles. The van der Waals surface area contributed by atoms with Gasteiger partial charge in [-0.2, -0.15) is 5.10 Å². The van der Waals surface area contributed by atoms with Crippen LogP contribution in [-0.4, -0.2) is 22.9 Å². The van der Waals surface area contributed by atoms with Crippen molar-refractivity contribution in [3.8, 4) is 0 Å². The lowest BCUT2D eigenvalue weighted by Crippen LogP contribution is -2.55. The Balaban J connectivity index is 2.22. The molecule has 0 spiro atoms. The largest absolute Gasteiger partial charge is 0.316 e. The SMILES string of the molecule is CCn1nc(C)c(Br)c1CC1(CC(C)C)CNC1. The molecule has 1 aromatic heterocycles. The number of hydrogen-bond acceptors (Lipinski definition) is 2. The minimum absolute atomic E-state index is 0.441. The summed E-state index contributed by atoms with van der Waals surface area (Å²) in [4.78, 5) is 0. The first-order valence-corrected chi connectivity index (χ1v) is 7.69. The summed E-state index contributed by atoms with van der Waals surface area (Å²) < 4.78 is 3.36. The standard InChI is InChI=1S/C14H24BrN3/c1-5-18-12(13(15)11(4)17-18)7-14(6-10(2)3)8-16-9-14/h10,16H,5-9H2,1-4H3. The third-order valence-electron chi connectivity index (χ3n) is 3.84. The van der Waals surface area contributed by atoms with Crippen molar-refractivity contribution in [3.05, 3.63) is 15.9 Å². The van der Waals surface area contributed by atoms with Crippen LogP contribution in [0.4, 0.5) is 0 Å². The van der Waals surface area contributed by atoms with Crippen LogP contribution in [0.5, 0.6) is 0 Å². The molecule has 0 saturated carbocycles. The van der Waals surface area contributed by atoms with E-state index in [0.717, 1.165) is 37.7 Å². The maximum atomic E-state index is 4.60. The van der Waals surface area contributed by atoms with Crippen LogP contribution >= 0.6 is 15.9 Å². The molecule has 102 valence electrons. The molecule has 1 aliphatic heterocycles. The minimum atomic E-state index is 0.441. The number of nitrogens with zero attached hydrogens (tertiary/aromatic N) is 2. The topological polar surface area (TPSA) is 29.9 Å². The average Bonchev–Trinajstić information content (AvgIpc) is 2.53. The van der Waals surface area contributed by atoms with E-state index in [1.54, 1.807) is 0 Å². The quantitative estimate of drug-likeness (QED) is 0.905. The van der Waals surface area contributed by atoms with Gasteiger partial charge in [-0.3, -0.25) is 4.68 Å². The van der Waals surface area contributed by atoms with Crippen molar-refractivity contribution in [2.75, 3.05) is 13.1 Å². The summed E-state index contributed by atoms with van der Waals surface area (Å²) in [5.41, 5.74) is 2.92. The van der Waals surface area contributed by atoms with Gasteiger partial charge in [0.1, 0.15) is 0 Å². The van der Waals surface area contributed by atoms with E-state index in [9.17, 15) is 0 Å². The van der Waals surface area contributed by atoms with Crippen LogP contribution in [0.25, 0.3) is 0 Å². The Bertz CT molecular complexity index is 419. The highest BCUT2D eigenvalue weighted by Crippen LogP contribution is 2.37. The molecular formula is C14H24BrN3. The summed E-state index contributed by atoms with van der Waals surface area (Å²) in [5, 5.41) is 8.05. The van der Waals surface area contributed by atoms with Gasteiger partial charge in [0.25, 0.3) is 0 Å². The van der Waals surface area contributed by atoms with Crippen LogP contribution in [0.15, 0.2) is 4.47 Å². The predicted molar refractivity (Wildman–Crippen MR) is 78.8 cm³/mol. The van der Waals surface area contributed by atoms with Gasteiger partial charge in [0, 0.05) is 25.0 Å². The molecule has 1 fully saturated rings. The Kier molecular flexibility index (Phi) is 4.17. The second kappa shape index (κ2) is 5.33. The Labute approximate surface area is 118 Å². The molecule has 3 nitrogen and oxygen atoms in total. The van der Waals surface area contributed by atoms with Gasteiger partial charge in [-0.15, -0.1) is 0 Å². The number of hydrogen-bond donors (Lipinski definition) is 1. The van der Waals surface area contributed by atoms with E-state index < -0.39 is 0 Å². The van der Waals surface area contributed by atoms with Crippen molar-refractivity contribution < 1.29 is 0 Å². The molecule has 0 bridgehead atoms. The molecule has 2 rings (SSSR count). The molecular weight excluding hydrogens is 290 g/mol. The van der Waals surface area contributed by atoms with Gasteiger partial charge in [-0.1, -0.05) is 13.8 Å². The zero-order valence-electron chi connectivity index (χ0n) is 11.9. The van der Waals surface area contributed by atoms with E-state index in [1.807, 2.05) is 0 Å². The normalized spacial score (nSPS) is 18.1. The zero-order chi connectivity index (χ0) is 13.3. The van der Waals surface area contributed by atoms with Gasteiger partial charge in [0.05, 0.1) is 15.9 Å². The third kappa shape index (κ3) is 2.64. The molecule has 4 heteroatoms. The lowest BCUT2D eigenvalue weighted by molar-refractivity contribution is 0.127. The Morgan fingerprint density at radius 1 is 1.44 bits per heavy atom. The molecule has 0 amide bonds. The molecule has 1 aromatic rings. The minimum Gasteiger partial charge on any atom is -0.316 e. The molecule has 18 heavy (non-hydrogen) atoms. The monoisotopic (exact) mass is 313 g/mol. The van der Waals surface area contributed by atoms with E-state index >= 15 is 0 Å². The van der Waals surface area contributed by atoms with Crippen LogP contribution in [-0.2, 0) is 13.0 Å². The highest BCUT2D eigenvalue weighted by molar-refractivity contribution is 9.10. The van der Waals surface area contributed by atoms with Crippen molar-refractivity contribution in [3.63, 3.8) is 0 Å². The van der Waals surface area contributed by atoms with Gasteiger partial charge in [-0.05, 0) is 48.5 Å². The fraction of sp³-hybridized carbons (Fsp3) is 0.786. The Hall–Kier alpha value is -0.350. The molecule has 0 aromatic carbocycles. The first-order valence-electron chi connectivity index (χ1n) is 6.90. The van der Waals surface area contributed by atoms with E-state index in [4.69, 9.17) is 0 Å². The molecule has 0 unspecified atom stereocenters. The van der Waals surface area contributed by atoms with Crippen LogP contribution in [0, 0.1) is 18.3 Å². The highest BCUT2D eigenvalue weighted by atomic mass is 79.9. The third-order valence-corrected chi connectivity index (χ3v) is 4.87. The van der Waals surface area contributed by atoms with Crippen LogP contribution in [0.1, 0.15) is 38.6 Å². The van der Waals surface area contributed by atoms with Crippen molar-refractivity contribution in [1.29, 1.82) is 0 Å². The van der Waals surface area contributed by atoms with Crippen molar-refractivity contribution in [1.82, 2.24) is 15.1 Å².